The van der Waals surface area contributed by atoms with Gasteiger partial charge in [0.15, 0.2) is 0 Å². The van der Waals surface area contributed by atoms with E-state index >= 15 is 0 Å². The summed E-state index contributed by atoms with van der Waals surface area (Å²) < 4.78 is 68.7. The highest BCUT2D eigenvalue weighted by atomic mass is 35.5. The Labute approximate surface area is 276 Å². The zero-order chi connectivity index (χ0) is 33.6. The average Bonchev–Trinajstić information content (AvgIpc) is 3.35. The summed E-state index contributed by atoms with van der Waals surface area (Å²) in [4.78, 5) is 29.4. The van der Waals surface area contributed by atoms with E-state index in [1.54, 1.807) is 29.2 Å². The molecule has 3 aliphatic heterocycles. The van der Waals surface area contributed by atoms with E-state index in [1.807, 2.05) is 24.3 Å². The van der Waals surface area contributed by atoms with Crippen molar-refractivity contribution in [3.8, 4) is 5.75 Å². The Hall–Kier alpha value is -3.81. The van der Waals surface area contributed by atoms with Crippen LogP contribution >= 0.6 is 11.6 Å². The standard InChI is InChI=1S/C33H34ClF3N4O5S/c1-47(44,45)41-20-32(26-4-2-3-5-29(26)41)12-14-40(15-13-32)31(43)28(16-21-6-9-24(34)10-7-21)39-30(42)27-18-22-8-11-25(46-33(35,36)37)17-23(22)19-38-27/h2-11,17,27-28,38H,12-16,18-20H2,1H3,(H,39,42). The van der Waals surface area contributed by atoms with E-state index in [4.69, 9.17) is 11.6 Å². The second kappa shape index (κ2) is 12.7. The number of sulfonamides is 1. The van der Waals surface area contributed by atoms with Crippen LogP contribution in [0.3, 0.4) is 0 Å². The summed E-state index contributed by atoms with van der Waals surface area (Å²) >= 11 is 6.08. The Bertz CT molecular complexity index is 1780. The zero-order valence-electron chi connectivity index (χ0n) is 25.5. The molecule has 0 bridgehead atoms. The molecule has 14 heteroatoms. The quantitative estimate of drug-likeness (QED) is 0.383. The van der Waals surface area contributed by atoms with Crippen molar-refractivity contribution >= 4 is 39.1 Å². The minimum absolute atomic E-state index is 0.151. The molecule has 1 saturated heterocycles. The molecule has 1 spiro atoms. The number of likely N-dealkylation sites (tertiary alicyclic amines) is 1. The highest BCUT2D eigenvalue weighted by Gasteiger charge is 2.48. The first kappa shape index (κ1) is 33.1. The molecule has 3 heterocycles. The smallest absolute Gasteiger partial charge is 0.406 e. The molecule has 2 amide bonds. The van der Waals surface area contributed by atoms with Gasteiger partial charge in [-0.1, -0.05) is 48.0 Å². The average molecular weight is 691 g/mol. The molecular weight excluding hydrogens is 657 g/mol. The van der Waals surface area contributed by atoms with Gasteiger partial charge in [-0.15, -0.1) is 13.2 Å². The van der Waals surface area contributed by atoms with Gasteiger partial charge in [0.1, 0.15) is 11.8 Å². The summed E-state index contributed by atoms with van der Waals surface area (Å²) in [6, 6.07) is 16.9. The molecule has 250 valence electrons. The van der Waals surface area contributed by atoms with Crippen molar-refractivity contribution in [2.24, 2.45) is 0 Å². The maximum atomic E-state index is 14.1. The van der Waals surface area contributed by atoms with Crippen LogP contribution in [0, 0.1) is 0 Å². The number of hydrogen-bond donors (Lipinski definition) is 2. The number of fused-ring (bicyclic) bond motifs is 3. The zero-order valence-corrected chi connectivity index (χ0v) is 27.1. The van der Waals surface area contributed by atoms with Gasteiger partial charge in [-0.05, 0) is 71.8 Å². The van der Waals surface area contributed by atoms with Crippen LogP contribution in [0.1, 0.15) is 35.1 Å². The summed E-state index contributed by atoms with van der Waals surface area (Å²) in [6.07, 6.45) is -2.05. The van der Waals surface area contributed by atoms with Crippen LogP contribution in [0.2, 0.25) is 5.02 Å². The number of benzene rings is 3. The van der Waals surface area contributed by atoms with E-state index in [2.05, 4.69) is 15.4 Å². The van der Waals surface area contributed by atoms with Crippen LogP contribution in [-0.2, 0) is 44.4 Å². The molecule has 0 aromatic heterocycles. The van der Waals surface area contributed by atoms with Crippen molar-refractivity contribution in [3.63, 3.8) is 0 Å². The predicted octanol–water partition coefficient (Wildman–Crippen LogP) is 4.32. The van der Waals surface area contributed by atoms with Crippen molar-refractivity contribution in [1.29, 1.82) is 0 Å². The van der Waals surface area contributed by atoms with Gasteiger partial charge in [0.05, 0.1) is 18.0 Å². The predicted molar refractivity (Wildman–Crippen MR) is 171 cm³/mol. The molecule has 0 radical (unpaired) electrons. The molecule has 0 aliphatic carbocycles. The van der Waals surface area contributed by atoms with Gasteiger partial charge >= 0.3 is 6.36 Å². The number of hydrogen-bond acceptors (Lipinski definition) is 6. The van der Waals surface area contributed by atoms with E-state index < -0.39 is 39.8 Å². The Kier molecular flexibility index (Phi) is 8.92. The molecule has 3 aromatic carbocycles. The van der Waals surface area contributed by atoms with E-state index in [0.29, 0.717) is 54.3 Å². The maximum Gasteiger partial charge on any atom is 0.573 e. The van der Waals surface area contributed by atoms with Crippen LogP contribution in [0.15, 0.2) is 66.7 Å². The molecule has 0 saturated carbocycles. The molecular formula is C33H34ClF3N4O5S. The summed E-state index contributed by atoms with van der Waals surface area (Å²) in [5, 5.41) is 6.55. The van der Waals surface area contributed by atoms with Crippen LogP contribution in [0.4, 0.5) is 18.9 Å². The van der Waals surface area contributed by atoms with Gasteiger partial charge in [-0.2, -0.15) is 0 Å². The number of nitrogens with one attached hydrogen (secondary N) is 2. The normalized spacial score (nSPS) is 19.6. The third kappa shape index (κ3) is 7.21. The molecule has 9 nitrogen and oxygen atoms in total. The number of nitrogens with zero attached hydrogens (tertiary/aromatic N) is 2. The number of anilines is 1. The topological polar surface area (TPSA) is 108 Å². The lowest BCUT2D eigenvalue weighted by atomic mass is 9.74. The lowest BCUT2D eigenvalue weighted by molar-refractivity contribution is -0.274. The molecule has 2 N–H and O–H groups in total. The third-order valence-electron chi connectivity index (χ3n) is 9.28. The molecule has 6 rings (SSSR count). The Morgan fingerprint density at radius 1 is 1.06 bits per heavy atom. The highest BCUT2D eigenvalue weighted by molar-refractivity contribution is 7.92. The summed E-state index contributed by atoms with van der Waals surface area (Å²) in [6.45, 7) is 1.24. The molecule has 2 atom stereocenters. The number of rotatable bonds is 7. The largest absolute Gasteiger partial charge is 0.573 e. The highest BCUT2D eigenvalue weighted by Crippen LogP contribution is 2.47. The number of alkyl halides is 3. The first-order valence-corrected chi connectivity index (χ1v) is 17.5. The van der Waals surface area contributed by atoms with Gasteiger partial charge in [0.2, 0.25) is 21.8 Å². The fourth-order valence-electron chi connectivity index (χ4n) is 6.89. The monoisotopic (exact) mass is 690 g/mol. The second-order valence-electron chi connectivity index (χ2n) is 12.4. The van der Waals surface area contributed by atoms with Gasteiger partial charge < -0.3 is 20.3 Å². The number of carbonyl (C=O) groups is 2. The number of ether oxygens (including phenoxy) is 1. The molecule has 47 heavy (non-hydrogen) atoms. The van der Waals surface area contributed by atoms with Crippen molar-refractivity contribution in [3.05, 3.63) is 94.0 Å². The fourth-order valence-corrected chi connectivity index (χ4v) is 8.01. The summed E-state index contributed by atoms with van der Waals surface area (Å²) in [5.41, 5.74) is 3.32. The van der Waals surface area contributed by atoms with Crippen LogP contribution in [0.25, 0.3) is 0 Å². The fraction of sp³-hybridized carbons (Fsp3) is 0.394. The Balaban J connectivity index is 1.16. The van der Waals surface area contributed by atoms with Crippen LogP contribution in [0.5, 0.6) is 5.75 Å². The van der Waals surface area contributed by atoms with Crippen LogP contribution in [-0.4, -0.2) is 69.5 Å². The first-order valence-electron chi connectivity index (χ1n) is 15.2. The maximum absolute atomic E-state index is 14.1. The third-order valence-corrected chi connectivity index (χ3v) is 10.7. The minimum Gasteiger partial charge on any atom is -0.406 e. The summed E-state index contributed by atoms with van der Waals surface area (Å²) in [5.74, 6) is -0.983. The number of halogens is 4. The van der Waals surface area contributed by atoms with E-state index in [9.17, 15) is 31.2 Å². The van der Waals surface area contributed by atoms with E-state index in [0.717, 1.165) is 11.1 Å². The molecule has 2 unspecified atom stereocenters. The van der Waals surface area contributed by atoms with Crippen molar-refractivity contribution in [1.82, 2.24) is 15.5 Å². The minimum atomic E-state index is -4.81. The van der Waals surface area contributed by atoms with Crippen molar-refractivity contribution < 1.29 is 35.9 Å². The lowest BCUT2D eigenvalue weighted by Crippen LogP contribution is -2.57. The lowest BCUT2D eigenvalue weighted by Gasteiger charge is -2.41. The van der Waals surface area contributed by atoms with E-state index in [-0.39, 0.29) is 31.0 Å². The van der Waals surface area contributed by atoms with Crippen LogP contribution < -0.4 is 19.7 Å². The van der Waals surface area contributed by atoms with Gasteiger partial charge in [-0.25, -0.2) is 8.42 Å². The Morgan fingerprint density at radius 3 is 2.45 bits per heavy atom. The van der Waals surface area contributed by atoms with Gasteiger partial charge in [-0.3, -0.25) is 13.9 Å². The van der Waals surface area contributed by atoms with Gasteiger partial charge in [0, 0.05) is 43.0 Å². The number of carbonyl (C=O) groups excluding carboxylic acids is 2. The molecule has 3 aromatic rings. The molecule has 3 aliphatic rings. The second-order valence-corrected chi connectivity index (χ2v) is 14.7. The molecule has 1 fully saturated rings. The van der Waals surface area contributed by atoms with Crippen molar-refractivity contribution in [2.45, 2.75) is 56.1 Å². The van der Waals surface area contributed by atoms with Crippen molar-refractivity contribution in [2.75, 3.05) is 30.2 Å². The Morgan fingerprint density at radius 2 is 1.77 bits per heavy atom. The summed E-state index contributed by atoms with van der Waals surface area (Å²) in [7, 11) is -3.49. The SMILES string of the molecule is CS(=O)(=O)N1CC2(CCN(C(=O)C(Cc3ccc(Cl)cc3)NC(=O)C3Cc4ccc(OC(F)(F)F)cc4CN3)CC2)c2ccccc21. The number of amides is 2. The number of piperidine rings is 1. The van der Waals surface area contributed by atoms with E-state index in [1.165, 1.54) is 28.8 Å². The van der Waals surface area contributed by atoms with Gasteiger partial charge in [0.25, 0.3) is 0 Å². The first-order chi connectivity index (χ1) is 22.2. The number of para-hydroxylation sites is 1.